The van der Waals surface area contributed by atoms with Crippen molar-refractivity contribution in [2.45, 2.75) is 31.6 Å². The van der Waals surface area contributed by atoms with Gasteiger partial charge in [-0.3, -0.25) is 14.6 Å². The van der Waals surface area contributed by atoms with Crippen molar-refractivity contribution < 1.29 is 14.3 Å². The summed E-state index contributed by atoms with van der Waals surface area (Å²) in [7, 11) is 1.49. The van der Waals surface area contributed by atoms with Gasteiger partial charge < -0.3 is 4.74 Å². The highest BCUT2D eigenvalue weighted by Gasteiger charge is 2.40. The van der Waals surface area contributed by atoms with Crippen LogP contribution in [0, 0.1) is 11.8 Å². The SMILES string of the molecule is CC#Cc1cc(Cl)c(C2C(=O)CC(c3ccccn3)CC2=O)c(OC)c1. The van der Waals surface area contributed by atoms with E-state index in [-0.39, 0.29) is 30.3 Å². The maximum atomic E-state index is 12.8. The van der Waals surface area contributed by atoms with Gasteiger partial charge in [-0.05, 0) is 31.2 Å². The Morgan fingerprint density at radius 3 is 2.50 bits per heavy atom. The zero-order valence-electron chi connectivity index (χ0n) is 14.6. The molecule has 26 heavy (non-hydrogen) atoms. The second-order valence-electron chi connectivity index (χ2n) is 6.17. The summed E-state index contributed by atoms with van der Waals surface area (Å²) >= 11 is 6.40. The molecule has 0 saturated heterocycles. The summed E-state index contributed by atoms with van der Waals surface area (Å²) in [6.45, 7) is 1.72. The van der Waals surface area contributed by atoms with Crippen molar-refractivity contribution in [2.24, 2.45) is 0 Å². The van der Waals surface area contributed by atoms with E-state index < -0.39 is 5.92 Å². The van der Waals surface area contributed by atoms with Gasteiger partial charge in [0.05, 0.1) is 7.11 Å². The number of rotatable bonds is 3. The van der Waals surface area contributed by atoms with E-state index in [1.165, 1.54) is 7.11 Å². The van der Waals surface area contributed by atoms with Gasteiger partial charge in [-0.2, -0.15) is 0 Å². The Hall–Kier alpha value is -2.64. The monoisotopic (exact) mass is 367 g/mol. The molecule has 1 fully saturated rings. The molecule has 2 aromatic rings. The first-order valence-corrected chi connectivity index (χ1v) is 8.69. The van der Waals surface area contributed by atoms with Gasteiger partial charge in [-0.25, -0.2) is 0 Å². The Balaban J connectivity index is 1.96. The van der Waals surface area contributed by atoms with Crippen LogP contribution in [-0.4, -0.2) is 23.7 Å². The Kier molecular flexibility index (Phi) is 5.39. The molecule has 0 bridgehead atoms. The number of hydrogen-bond acceptors (Lipinski definition) is 4. The highest BCUT2D eigenvalue weighted by molar-refractivity contribution is 6.32. The average Bonchev–Trinajstić information content (AvgIpc) is 2.63. The van der Waals surface area contributed by atoms with Crippen LogP contribution in [0.5, 0.6) is 5.75 Å². The van der Waals surface area contributed by atoms with Crippen LogP contribution in [0.2, 0.25) is 5.02 Å². The third kappa shape index (κ3) is 3.49. The smallest absolute Gasteiger partial charge is 0.148 e. The van der Waals surface area contributed by atoms with Crippen molar-refractivity contribution in [3.05, 3.63) is 58.4 Å². The second kappa shape index (κ2) is 7.72. The third-order valence-electron chi connectivity index (χ3n) is 4.51. The number of hydrogen-bond donors (Lipinski definition) is 0. The number of benzene rings is 1. The lowest BCUT2D eigenvalue weighted by Crippen LogP contribution is -2.31. The van der Waals surface area contributed by atoms with Gasteiger partial charge in [-0.1, -0.05) is 23.6 Å². The molecule has 1 saturated carbocycles. The Labute approximate surface area is 157 Å². The van der Waals surface area contributed by atoms with Crippen LogP contribution in [0.3, 0.4) is 0 Å². The molecule has 1 aromatic carbocycles. The zero-order valence-corrected chi connectivity index (χ0v) is 15.3. The number of pyridine rings is 1. The summed E-state index contributed by atoms with van der Waals surface area (Å²) in [6.07, 6.45) is 2.18. The predicted molar refractivity (Wildman–Crippen MR) is 99.5 cm³/mol. The van der Waals surface area contributed by atoms with Crippen LogP contribution in [-0.2, 0) is 9.59 Å². The number of Topliss-reactive ketones (excluding diaryl/α,β-unsaturated/α-hetero) is 2. The third-order valence-corrected chi connectivity index (χ3v) is 4.83. The molecule has 0 unspecified atom stereocenters. The highest BCUT2D eigenvalue weighted by Crippen LogP contribution is 2.42. The van der Waals surface area contributed by atoms with Crippen molar-refractivity contribution in [3.8, 4) is 17.6 Å². The van der Waals surface area contributed by atoms with E-state index in [1.54, 1.807) is 25.3 Å². The summed E-state index contributed by atoms with van der Waals surface area (Å²) < 4.78 is 5.41. The molecule has 132 valence electrons. The Morgan fingerprint density at radius 1 is 1.19 bits per heavy atom. The minimum Gasteiger partial charge on any atom is -0.496 e. The number of aromatic nitrogens is 1. The normalized spacial score (nSPS) is 19.7. The molecule has 0 atom stereocenters. The van der Waals surface area contributed by atoms with Crippen molar-refractivity contribution in [3.63, 3.8) is 0 Å². The molecule has 1 aromatic heterocycles. The van der Waals surface area contributed by atoms with Gasteiger partial charge >= 0.3 is 0 Å². The topological polar surface area (TPSA) is 56.3 Å². The first-order chi connectivity index (χ1) is 12.5. The number of ketones is 2. The van der Waals surface area contributed by atoms with E-state index in [0.29, 0.717) is 21.9 Å². The zero-order chi connectivity index (χ0) is 18.7. The Morgan fingerprint density at radius 2 is 1.92 bits per heavy atom. The maximum Gasteiger partial charge on any atom is 0.148 e. The van der Waals surface area contributed by atoms with Crippen molar-refractivity contribution in [2.75, 3.05) is 7.11 Å². The van der Waals surface area contributed by atoms with Crippen molar-refractivity contribution in [1.29, 1.82) is 0 Å². The van der Waals surface area contributed by atoms with Gasteiger partial charge in [0.1, 0.15) is 23.2 Å². The van der Waals surface area contributed by atoms with Crippen LogP contribution >= 0.6 is 11.6 Å². The molecule has 0 amide bonds. The number of methoxy groups -OCH3 is 1. The molecule has 5 heteroatoms. The van der Waals surface area contributed by atoms with Crippen LogP contribution < -0.4 is 4.74 Å². The van der Waals surface area contributed by atoms with E-state index in [1.807, 2.05) is 18.2 Å². The summed E-state index contributed by atoms with van der Waals surface area (Å²) in [5.74, 6) is 4.71. The first kappa shape index (κ1) is 18.2. The molecule has 0 aliphatic heterocycles. The number of ether oxygens (including phenoxy) is 1. The van der Waals surface area contributed by atoms with Crippen LogP contribution in [0.1, 0.15) is 48.4 Å². The van der Waals surface area contributed by atoms with Gasteiger partial charge in [0, 0.05) is 46.8 Å². The van der Waals surface area contributed by atoms with Crippen LogP contribution in [0.15, 0.2) is 36.5 Å². The fraction of sp³-hybridized carbons (Fsp3) is 0.286. The summed E-state index contributed by atoms with van der Waals surface area (Å²) in [5, 5.41) is 0.324. The minimum absolute atomic E-state index is 0.161. The van der Waals surface area contributed by atoms with Crippen LogP contribution in [0.25, 0.3) is 0 Å². The summed E-state index contributed by atoms with van der Waals surface area (Å²) in [4.78, 5) is 29.9. The lowest BCUT2D eigenvalue weighted by molar-refractivity contribution is -0.132. The number of halogens is 1. The fourth-order valence-electron chi connectivity index (χ4n) is 3.38. The molecule has 1 heterocycles. The van der Waals surface area contributed by atoms with Gasteiger partial charge in [0.15, 0.2) is 0 Å². The quantitative estimate of drug-likeness (QED) is 0.609. The van der Waals surface area contributed by atoms with Crippen LogP contribution in [0.4, 0.5) is 0 Å². The molecular weight excluding hydrogens is 350 g/mol. The molecule has 0 spiro atoms. The lowest BCUT2D eigenvalue weighted by atomic mass is 9.75. The lowest BCUT2D eigenvalue weighted by Gasteiger charge is -2.27. The van der Waals surface area contributed by atoms with Gasteiger partial charge in [-0.15, -0.1) is 5.92 Å². The van der Waals surface area contributed by atoms with E-state index in [2.05, 4.69) is 16.8 Å². The maximum absolute atomic E-state index is 12.8. The summed E-state index contributed by atoms with van der Waals surface area (Å²) in [6, 6.07) is 8.89. The van der Waals surface area contributed by atoms with Crippen molar-refractivity contribution in [1.82, 2.24) is 4.98 Å². The molecular formula is C21H18ClNO3. The largest absolute Gasteiger partial charge is 0.496 e. The molecule has 0 N–H and O–H groups in total. The van der Waals surface area contributed by atoms with E-state index in [4.69, 9.17) is 16.3 Å². The van der Waals surface area contributed by atoms with E-state index >= 15 is 0 Å². The molecule has 1 aliphatic rings. The molecule has 0 radical (unpaired) electrons. The number of carbonyl (C=O) groups excluding carboxylic acids is 2. The second-order valence-corrected chi connectivity index (χ2v) is 6.58. The van der Waals surface area contributed by atoms with Crippen molar-refractivity contribution >= 4 is 23.2 Å². The summed E-state index contributed by atoms with van der Waals surface area (Å²) in [5.41, 5.74) is 1.88. The first-order valence-electron chi connectivity index (χ1n) is 8.31. The highest BCUT2D eigenvalue weighted by atomic mass is 35.5. The van der Waals surface area contributed by atoms with Gasteiger partial charge in [0.25, 0.3) is 0 Å². The minimum atomic E-state index is -0.902. The van der Waals surface area contributed by atoms with E-state index in [9.17, 15) is 9.59 Å². The average molecular weight is 368 g/mol. The van der Waals surface area contributed by atoms with Gasteiger partial charge in [0.2, 0.25) is 0 Å². The Bertz CT molecular complexity index is 894. The predicted octanol–water partition coefficient (Wildman–Crippen LogP) is 3.91. The number of carbonyl (C=O) groups is 2. The fourth-order valence-corrected chi connectivity index (χ4v) is 3.70. The number of nitrogens with zero attached hydrogens (tertiary/aromatic N) is 1. The molecule has 1 aliphatic carbocycles. The molecule has 3 rings (SSSR count). The standard InChI is InChI=1S/C21H18ClNO3/c1-3-6-13-9-15(22)20(19(10-13)26-2)21-17(24)11-14(12-18(21)25)16-7-4-5-8-23-16/h4-5,7-10,14,21H,11-12H2,1-2H3. The molecule has 4 nitrogen and oxygen atoms in total. The van der Waals surface area contributed by atoms with E-state index in [0.717, 1.165) is 5.69 Å².